The average molecular weight is 358 g/mol. The fourth-order valence-corrected chi connectivity index (χ4v) is 1.40. The Morgan fingerprint density at radius 2 is 1.68 bits per heavy atom. The fourth-order valence-electron chi connectivity index (χ4n) is 1.40. The van der Waals surface area contributed by atoms with E-state index in [0.29, 0.717) is 0 Å². The molecule has 0 aromatic heterocycles. The van der Waals surface area contributed by atoms with Gasteiger partial charge in [-0.3, -0.25) is 9.79 Å². The van der Waals surface area contributed by atoms with Gasteiger partial charge >= 0.3 is 6.18 Å². The van der Waals surface area contributed by atoms with Gasteiger partial charge in [0.2, 0.25) is 0 Å². The van der Waals surface area contributed by atoms with Crippen LogP contribution in [0.1, 0.15) is 27.7 Å². The molecule has 0 bridgehead atoms. The van der Waals surface area contributed by atoms with Crippen molar-refractivity contribution in [2.75, 3.05) is 0 Å². The number of carbonyl (C=O) groups excluding carboxylic acids is 1. The molecule has 0 aliphatic carbocycles. The van der Waals surface area contributed by atoms with E-state index in [0.717, 1.165) is 12.3 Å². The highest BCUT2D eigenvalue weighted by Crippen LogP contribution is 2.21. The number of alkyl halides is 3. The predicted octanol–water partition coefficient (Wildman–Crippen LogP) is 4.96. The van der Waals surface area contributed by atoms with Crippen molar-refractivity contribution in [3.63, 3.8) is 0 Å². The summed E-state index contributed by atoms with van der Waals surface area (Å²) in [4.78, 5) is 15.6. The molecular weight excluding hydrogens is 336 g/mol. The van der Waals surface area contributed by atoms with E-state index in [2.05, 4.69) is 4.99 Å². The first-order valence-corrected chi connectivity index (χ1v) is 7.50. The van der Waals surface area contributed by atoms with Crippen molar-refractivity contribution in [2.45, 2.75) is 39.9 Å². The standard InChI is InChI=1S/C18H22F4N2O/c1-5-7-9-11-16(18(20,21)22)24-17(25)14(4)23-12-13(3)15(19)10-8-6-2/h5-12,16H,1-4H3,(H,24,25)/b7-5-,8-6-,11-9+,13-12+,15-10+,23-14?. The van der Waals surface area contributed by atoms with Crippen LogP contribution in [0.15, 0.2) is 65.1 Å². The lowest BCUT2D eigenvalue weighted by Gasteiger charge is -2.18. The maximum absolute atomic E-state index is 13.6. The third kappa shape index (κ3) is 9.44. The Kier molecular flexibility index (Phi) is 10.1. The van der Waals surface area contributed by atoms with E-state index < -0.39 is 24.0 Å². The van der Waals surface area contributed by atoms with Crippen LogP contribution in [0.5, 0.6) is 0 Å². The quantitative estimate of drug-likeness (QED) is 0.390. The number of rotatable bonds is 7. The van der Waals surface area contributed by atoms with Crippen LogP contribution in [0.4, 0.5) is 17.6 Å². The van der Waals surface area contributed by atoms with Crippen LogP contribution in [0.3, 0.4) is 0 Å². The molecule has 0 saturated heterocycles. The Hall–Kier alpha value is -2.44. The summed E-state index contributed by atoms with van der Waals surface area (Å²) in [5.74, 6) is -1.55. The third-order valence-electron chi connectivity index (χ3n) is 2.84. The van der Waals surface area contributed by atoms with E-state index in [4.69, 9.17) is 0 Å². The van der Waals surface area contributed by atoms with Gasteiger partial charge in [-0.25, -0.2) is 4.39 Å². The van der Waals surface area contributed by atoms with Crippen molar-refractivity contribution in [3.05, 3.63) is 60.1 Å². The lowest BCUT2D eigenvalue weighted by atomic mass is 10.2. The summed E-state index contributed by atoms with van der Waals surface area (Å²) >= 11 is 0. The van der Waals surface area contributed by atoms with Crippen LogP contribution in [0, 0.1) is 0 Å². The van der Waals surface area contributed by atoms with Crippen LogP contribution in [-0.2, 0) is 4.79 Å². The first kappa shape index (κ1) is 22.6. The molecule has 1 amide bonds. The average Bonchev–Trinajstić information content (AvgIpc) is 2.55. The number of nitrogens with zero attached hydrogens (tertiary/aromatic N) is 1. The smallest absolute Gasteiger partial charge is 0.336 e. The molecule has 0 saturated carbocycles. The van der Waals surface area contributed by atoms with Crippen molar-refractivity contribution >= 4 is 11.6 Å². The fraction of sp³-hybridized carbons (Fsp3) is 0.333. The lowest BCUT2D eigenvalue weighted by Crippen LogP contribution is -2.46. The highest BCUT2D eigenvalue weighted by atomic mass is 19.4. The SMILES string of the molecule is C/C=C\C=C\C(NC(=O)C(C)=N/C=C(C)/C(F)=C\C=C/C)C(F)(F)F. The summed E-state index contributed by atoms with van der Waals surface area (Å²) in [7, 11) is 0. The zero-order valence-corrected chi connectivity index (χ0v) is 14.6. The molecule has 3 nitrogen and oxygen atoms in total. The van der Waals surface area contributed by atoms with E-state index in [-0.39, 0.29) is 11.3 Å². The second kappa shape index (κ2) is 11.2. The number of nitrogens with one attached hydrogen (secondary N) is 1. The van der Waals surface area contributed by atoms with Crippen molar-refractivity contribution < 1.29 is 22.4 Å². The summed E-state index contributed by atoms with van der Waals surface area (Å²) in [6.07, 6.45) is 5.77. The highest BCUT2D eigenvalue weighted by Gasteiger charge is 2.39. The Morgan fingerprint density at radius 3 is 2.20 bits per heavy atom. The number of hydrogen-bond donors (Lipinski definition) is 1. The summed E-state index contributed by atoms with van der Waals surface area (Å²) in [6, 6.07) is -2.14. The molecule has 138 valence electrons. The molecule has 0 radical (unpaired) electrons. The maximum atomic E-state index is 13.6. The van der Waals surface area contributed by atoms with Crippen molar-refractivity contribution in [2.24, 2.45) is 4.99 Å². The number of halogens is 4. The Bertz CT molecular complexity index is 623. The van der Waals surface area contributed by atoms with Gasteiger partial charge in [0.15, 0.2) is 0 Å². The van der Waals surface area contributed by atoms with Gasteiger partial charge < -0.3 is 5.32 Å². The maximum Gasteiger partial charge on any atom is 0.412 e. The van der Waals surface area contributed by atoms with Crippen molar-refractivity contribution in [1.29, 1.82) is 0 Å². The van der Waals surface area contributed by atoms with E-state index in [9.17, 15) is 22.4 Å². The summed E-state index contributed by atoms with van der Waals surface area (Å²) in [5, 5.41) is 1.84. The predicted molar refractivity (Wildman–Crippen MR) is 92.8 cm³/mol. The van der Waals surface area contributed by atoms with Crippen LogP contribution < -0.4 is 5.32 Å². The van der Waals surface area contributed by atoms with Gasteiger partial charge in [0.05, 0.1) is 0 Å². The van der Waals surface area contributed by atoms with E-state index >= 15 is 0 Å². The molecule has 0 aliphatic heterocycles. The van der Waals surface area contributed by atoms with Crippen LogP contribution >= 0.6 is 0 Å². The number of amides is 1. The number of carbonyl (C=O) groups is 1. The van der Waals surface area contributed by atoms with Crippen molar-refractivity contribution in [1.82, 2.24) is 5.32 Å². The monoisotopic (exact) mass is 358 g/mol. The summed E-state index contributed by atoms with van der Waals surface area (Å²) in [5.41, 5.74) is -0.0718. The molecule has 7 heteroatoms. The van der Waals surface area contributed by atoms with Crippen LogP contribution in [-0.4, -0.2) is 23.8 Å². The first-order chi connectivity index (χ1) is 11.6. The molecule has 1 N–H and O–H groups in total. The Morgan fingerprint density at radius 1 is 1.08 bits per heavy atom. The normalized spacial score (nSPS) is 16.2. The van der Waals surface area contributed by atoms with Crippen molar-refractivity contribution in [3.8, 4) is 0 Å². The zero-order valence-electron chi connectivity index (χ0n) is 14.6. The molecule has 0 aromatic carbocycles. The molecule has 0 aromatic rings. The molecule has 0 spiro atoms. The Balaban J connectivity index is 5.18. The van der Waals surface area contributed by atoms with E-state index in [1.54, 1.807) is 26.0 Å². The molecule has 0 heterocycles. The second-order valence-electron chi connectivity index (χ2n) is 4.97. The minimum atomic E-state index is -4.64. The first-order valence-electron chi connectivity index (χ1n) is 7.50. The molecule has 25 heavy (non-hydrogen) atoms. The van der Waals surface area contributed by atoms with Gasteiger partial charge in [-0.15, -0.1) is 0 Å². The van der Waals surface area contributed by atoms with Crippen LogP contribution in [0.25, 0.3) is 0 Å². The summed E-state index contributed by atoms with van der Waals surface area (Å²) in [6.45, 7) is 6.05. The lowest BCUT2D eigenvalue weighted by molar-refractivity contribution is -0.150. The molecule has 0 fully saturated rings. The third-order valence-corrected chi connectivity index (χ3v) is 2.84. The number of hydrogen-bond acceptors (Lipinski definition) is 2. The topological polar surface area (TPSA) is 41.5 Å². The largest absolute Gasteiger partial charge is 0.412 e. The van der Waals surface area contributed by atoms with E-state index in [1.165, 1.54) is 38.2 Å². The minimum absolute atomic E-state index is 0.144. The van der Waals surface area contributed by atoms with Gasteiger partial charge in [-0.05, 0) is 33.8 Å². The summed E-state index contributed by atoms with van der Waals surface area (Å²) < 4.78 is 52.3. The van der Waals surface area contributed by atoms with E-state index in [1.807, 2.05) is 5.32 Å². The molecule has 0 rings (SSSR count). The zero-order chi connectivity index (χ0) is 19.5. The second-order valence-corrected chi connectivity index (χ2v) is 4.97. The number of allylic oxidation sites excluding steroid dienone is 8. The molecule has 1 unspecified atom stereocenters. The van der Waals surface area contributed by atoms with Gasteiger partial charge in [0, 0.05) is 11.8 Å². The highest BCUT2D eigenvalue weighted by molar-refractivity contribution is 6.38. The van der Waals surface area contributed by atoms with Crippen LogP contribution in [0.2, 0.25) is 0 Å². The molecule has 1 atom stereocenters. The Labute approximate surface area is 145 Å². The molecular formula is C18H22F4N2O. The van der Waals surface area contributed by atoms with Gasteiger partial charge in [-0.1, -0.05) is 36.5 Å². The molecule has 0 aliphatic rings. The van der Waals surface area contributed by atoms with Gasteiger partial charge in [-0.2, -0.15) is 13.2 Å². The van der Waals surface area contributed by atoms with Gasteiger partial charge in [0.1, 0.15) is 17.6 Å². The minimum Gasteiger partial charge on any atom is -0.336 e. The number of aliphatic imine (C=N–C) groups is 1. The van der Waals surface area contributed by atoms with Gasteiger partial charge in [0.25, 0.3) is 5.91 Å².